The number of hydrogen-bond donors (Lipinski definition) is 3. The van der Waals surface area contributed by atoms with Gasteiger partial charge in [-0.15, -0.1) is 0 Å². The Bertz CT molecular complexity index is 1030. The molecule has 0 saturated heterocycles. The molecule has 0 aliphatic rings. The number of aryl methyl sites for hydroxylation is 1. The lowest BCUT2D eigenvalue weighted by molar-refractivity contribution is 0.0846. The van der Waals surface area contributed by atoms with E-state index in [1.54, 1.807) is 60.7 Å². The third-order valence-corrected chi connectivity index (χ3v) is 4.64. The number of benzene rings is 3. The van der Waals surface area contributed by atoms with Crippen LogP contribution in [0.1, 0.15) is 36.6 Å². The molecule has 0 atom stereocenters. The van der Waals surface area contributed by atoms with E-state index >= 15 is 0 Å². The average molecular weight is 452 g/mol. The van der Waals surface area contributed by atoms with Crippen molar-refractivity contribution in [2.45, 2.75) is 6.92 Å². The van der Waals surface area contributed by atoms with E-state index in [4.69, 9.17) is 0 Å². The highest BCUT2D eigenvalue weighted by atomic mass is 79.9. The van der Waals surface area contributed by atoms with Crippen molar-refractivity contribution < 1.29 is 14.4 Å². The SMILES string of the molecule is Cc1ccc(C(=O)Nc2ccc(C(=O)NNC(=O)c3ccc(Br)cc3)cc2)cc1. The maximum atomic E-state index is 12.2. The van der Waals surface area contributed by atoms with Crippen LogP contribution < -0.4 is 16.2 Å². The van der Waals surface area contributed by atoms with Gasteiger partial charge in [0.05, 0.1) is 0 Å². The lowest BCUT2D eigenvalue weighted by Crippen LogP contribution is -2.41. The maximum Gasteiger partial charge on any atom is 0.269 e. The Morgan fingerprint density at radius 3 is 1.55 bits per heavy atom. The average Bonchev–Trinajstić information content (AvgIpc) is 2.73. The number of anilines is 1. The predicted octanol–water partition coefficient (Wildman–Crippen LogP) is 4.08. The summed E-state index contributed by atoms with van der Waals surface area (Å²) in [5.41, 5.74) is 7.68. The zero-order valence-corrected chi connectivity index (χ0v) is 17.1. The molecule has 146 valence electrons. The number of rotatable bonds is 4. The van der Waals surface area contributed by atoms with Crippen molar-refractivity contribution >= 4 is 39.3 Å². The fourth-order valence-corrected chi connectivity index (χ4v) is 2.74. The number of amides is 3. The van der Waals surface area contributed by atoms with Crippen LogP contribution in [-0.4, -0.2) is 17.7 Å². The molecule has 0 saturated carbocycles. The zero-order chi connectivity index (χ0) is 20.8. The van der Waals surface area contributed by atoms with E-state index in [0.717, 1.165) is 10.0 Å². The number of carbonyl (C=O) groups excluding carboxylic acids is 3. The highest BCUT2D eigenvalue weighted by Gasteiger charge is 2.10. The third-order valence-electron chi connectivity index (χ3n) is 4.11. The molecule has 3 rings (SSSR count). The van der Waals surface area contributed by atoms with Crippen LogP contribution in [0.2, 0.25) is 0 Å². The van der Waals surface area contributed by atoms with Crippen molar-refractivity contribution in [2.24, 2.45) is 0 Å². The maximum absolute atomic E-state index is 12.2. The summed E-state index contributed by atoms with van der Waals surface area (Å²) in [6.07, 6.45) is 0. The summed E-state index contributed by atoms with van der Waals surface area (Å²) < 4.78 is 0.854. The van der Waals surface area contributed by atoms with Gasteiger partial charge in [-0.25, -0.2) is 0 Å². The fourth-order valence-electron chi connectivity index (χ4n) is 2.47. The minimum Gasteiger partial charge on any atom is -0.322 e. The summed E-state index contributed by atoms with van der Waals surface area (Å²) in [5, 5.41) is 2.78. The molecular formula is C22H18BrN3O3. The Kier molecular flexibility index (Phi) is 6.41. The molecule has 0 spiro atoms. The Morgan fingerprint density at radius 2 is 1.03 bits per heavy atom. The molecule has 0 fully saturated rings. The summed E-state index contributed by atoms with van der Waals surface area (Å²) in [5.74, 6) is -1.12. The third kappa shape index (κ3) is 5.52. The van der Waals surface area contributed by atoms with Crippen LogP contribution in [0.25, 0.3) is 0 Å². The van der Waals surface area contributed by atoms with Gasteiger partial charge < -0.3 is 5.32 Å². The smallest absolute Gasteiger partial charge is 0.269 e. The standard InChI is InChI=1S/C22H18BrN3O3/c1-14-2-4-15(5-3-14)20(27)24-19-12-8-17(9-13-19)22(29)26-25-21(28)16-6-10-18(23)11-7-16/h2-13H,1H3,(H,24,27)(H,25,28)(H,26,29). The van der Waals surface area contributed by atoms with E-state index in [9.17, 15) is 14.4 Å². The van der Waals surface area contributed by atoms with Gasteiger partial charge in [0.25, 0.3) is 17.7 Å². The molecule has 0 aliphatic heterocycles. The Labute approximate surface area is 176 Å². The summed E-state index contributed by atoms with van der Waals surface area (Å²) in [7, 11) is 0. The number of hydrogen-bond acceptors (Lipinski definition) is 3. The quantitative estimate of drug-likeness (QED) is 0.522. The van der Waals surface area contributed by atoms with Gasteiger partial charge in [0.15, 0.2) is 0 Å². The lowest BCUT2D eigenvalue weighted by atomic mass is 10.1. The van der Waals surface area contributed by atoms with E-state index in [0.29, 0.717) is 22.4 Å². The number of carbonyl (C=O) groups is 3. The van der Waals surface area contributed by atoms with Gasteiger partial charge in [-0.2, -0.15) is 0 Å². The Balaban J connectivity index is 1.55. The number of hydrazine groups is 1. The van der Waals surface area contributed by atoms with E-state index in [1.807, 2.05) is 19.1 Å². The largest absolute Gasteiger partial charge is 0.322 e. The molecule has 0 aliphatic carbocycles. The molecule has 0 bridgehead atoms. The monoisotopic (exact) mass is 451 g/mol. The molecule has 0 heterocycles. The molecule has 3 amide bonds. The van der Waals surface area contributed by atoms with E-state index in [2.05, 4.69) is 32.1 Å². The first-order valence-corrected chi connectivity index (χ1v) is 9.56. The first-order valence-electron chi connectivity index (χ1n) is 8.77. The first kappa shape index (κ1) is 20.3. The van der Waals surface area contributed by atoms with Gasteiger partial charge in [-0.05, 0) is 67.6 Å². The van der Waals surface area contributed by atoms with Crippen LogP contribution >= 0.6 is 15.9 Å². The zero-order valence-electron chi connectivity index (χ0n) is 15.5. The second kappa shape index (κ2) is 9.16. The molecule has 3 N–H and O–H groups in total. The Morgan fingerprint density at radius 1 is 0.621 bits per heavy atom. The van der Waals surface area contributed by atoms with Crippen molar-refractivity contribution in [3.05, 3.63) is 99.5 Å². The van der Waals surface area contributed by atoms with Gasteiger partial charge in [-0.1, -0.05) is 33.6 Å². The van der Waals surface area contributed by atoms with Gasteiger partial charge in [0, 0.05) is 26.9 Å². The van der Waals surface area contributed by atoms with Gasteiger partial charge in [0.2, 0.25) is 0 Å². The van der Waals surface area contributed by atoms with E-state index in [-0.39, 0.29) is 5.91 Å². The first-order chi connectivity index (χ1) is 13.9. The second-order valence-corrected chi connectivity index (χ2v) is 7.23. The molecule has 7 heteroatoms. The molecule has 0 radical (unpaired) electrons. The molecular weight excluding hydrogens is 434 g/mol. The summed E-state index contributed by atoms with van der Waals surface area (Å²) in [6.45, 7) is 1.95. The van der Waals surface area contributed by atoms with Crippen LogP contribution in [0.5, 0.6) is 0 Å². The highest BCUT2D eigenvalue weighted by Crippen LogP contribution is 2.13. The normalized spacial score (nSPS) is 10.1. The summed E-state index contributed by atoms with van der Waals surface area (Å²) in [4.78, 5) is 36.5. The van der Waals surface area contributed by atoms with Gasteiger partial charge >= 0.3 is 0 Å². The van der Waals surface area contributed by atoms with Crippen molar-refractivity contribution in [2.75, 3.05) is 5.32 Å². The van der Waals surface area contributed by atoms with Crippen LogP contribution in [0, 0.1) is 6.92 Å². The molecule has 0 aromatic heterocycles. The van der Waals surface area contributed by atoms with Crippen LogP contribution in [-0.2, 0) is 0 Å². The van der Waals surface area contributed by atoms with E-state index in [1.165, 1.54) is 0 Å². The van der Waals surface area contributed by atoms with Crippen molar-refractivity contribution in [3.8, 4) is 0 Å². The fraction of sp³-hybridized carbons (Fsp3) is 0.0455. The van der Waals surface area contributed by atoms with Gasteiger partial charge in [0.1, 0.15) is 0 Å². The Hall–Kier alpha value is -3.45. The van der Waals surface area contributed by atoms with Crippen LogP contribution in [0.3, 0.4) is 0 Å². The number of nitrogens with one attached hydrogen (secondary N) is 3. The van der Waals surface area contributed by atoms with Crippen molar-refractivity contribution in [1.82, 2.24) is 10.9 Å². The van der Waals surface area contributed by atoms with Crippen molar-refractivity contribution in [3.63, 3.8) is 0 Å². The topological polar surface area (TPSA) is 87.3 Å². The van der Waals surface area contributed by atoms with Crippen molar-refractivity contribution in [1.29, 1.82) is 0 Å². The highest BCUT2D eigenvalue weighted by molar-refractivity contribution is 9.10. The molecule has 3 aromatic carbocycles. The van der Waals surface area contributed by atoms with Crippen LogP contribution in [0.4, 0.5) is 5.69 Å². The molecule has 3 aromatic rings. The summed E-state index contributed by atoms with van der Waals surface area (Å²) in [6, 6.07) is 20.3. The van der Waals surface area contributed by atoms with E-state index < -0.39 is 11.8 Å². The summed E-state index contributed by atoms with van der Waals surface area (Å²) >= 11 is 3.30. The second-order valence-electron chi connectivity index (χ2n) is 6.31. The molecule has 6 nitrogen and oxygen atoms in total. The molecule has 29 heavy (non-hydrogen) atoms. The van der Waals surface area contributed by atoms with Crippen LogP contribution in [0.15, 0.2) is 77.3 Å². The molecule has 0 unspecified atom stereocenters. The minimum atomic E-state index is -0.466. The lowest BCUT2D eigenvalue weighted by Gasteiger charge is -2.09. The number of halogens is 1. The predicted molar refractivity (Wildman–Crippen MR) is 115 cm³/mol. The minimum absolute atomic E-state index is 0.232. The van der Waals surface area contributed by atoms with Gasteiger partial charge in [-0.3, -0.25) is 25.2 Å².